The zero-order chi connectivity index (χ0) is 8.10. The minimum absolute atomic E-state index is 0.151. The average Bonchev–Trinajstić information content (AvgIpc) is 2.04. The second-order valence-electron chi connectivity index (χ2n) is 2.57. The van der Waals surface area contributed by atoms with Crippen LogP contribution in [0.5, 0.6) is 0 Å². The lowest BCUT2D eigenvalue weighted by molar-refractivity contribution is -0.146. The first kappa shape index (κ1) is 8.27. The maximum Gasteiger partial charge on any atom is 0.319 e. The molecule has 0 radical (unpaired) electrons. The molecule has 0 bridgehead atoms. The Hall–Kier alpha value is -0.830. The van der Waals surface area contributed by atoms with Gasteiger partial charge in [-0.25, -0.2) is 0 Å². The number of esters is 1. The van der Waals surface area contributed by atoms with Crippen molar-refractivity contribution >= 4 is 5.97 Å². The van der Waals surface area contributed by atoms with Crippen LogP contribution in [-0.4, -0.2) is 25.2 Å². The molecule has 1 aliphatic heterocycles. The van der Waals surface area contributed by atoms with Gasteiger partial charge in [0.25, 0.3) is 0 Å². The molecule has 62 valence electrons. The molecule has 0 unspecified atom stereocenters. The molecule has 0 saturated carbocycles. The van der Waals surface area contributed by atoms with E-state index in [1.54, 1.807) is 0 Å². The molecule has 1 atom stereocenters. The van der Waals surface area contributed by atoms with E-state index in [4.69, 9.17) is 4.74 Å². The first-order valence-electron chi connectivity index (χ1n) is 3.83. The van der Waals surface area contributed by atoms with E-state index in [1.807, 2.05) is 13.0 Å². The lowest BCUT2D eigenvalue weighted by Gasteiger charge is -2.21. The quantitative estimate of drug-likeness (QED) is 0.465. The van der Waals surface area contributed by atoms with Crippen molar-refractivity contribution in [3.63, 3.8) is 0 Å². The van der Waals surface area contributed by atoms with Crippen molar-refractivity contribution in [1.82, 2.24) is 5.32 Å². The third-order valence-corrected chi connectivity index (χ3v) is 1.64. The predicted molar refractivity (Wildman–Crippen MR) is 42.2 cm³/mol. The smallest absolute Gasteiger partial charge is 0.319 e. The van der Waals surface area contributed by atoms with E-state index in [-0.39, 0.29) is 5.97 Å². The maximum absolute atomic E-state index is 10.6. The Morgan fingerprint density at radius 2 is 2.64 bits per heavy atom. The highest BCUT2D eigenvalue weighted by Crippen LogP contribution is 1.99. The molecule has 3 nitrogen and oxygen atoms in total. The summed E-state index contributed by atoms with van der Waals surface area (Å²) in [7, 11) is 0. The molecule has 0 aromatic heterocycles. The number of ether oxygens (including phenoxy) is 1. The largest absolute Gasteiger partial charge is 0.463 e. The molecule has 0 aromatic rings. The van der Waals surface area contributed by atoms with Gasteiger partial charge in [0.2, 0.25) is 0 Å². The highest BCUT2D eigenvalue weighted by atomic mass is 16.5. The van der Waals surface area contributed by atoms with Gasteiger partial charge in [0.15, 0.2) is 0 Å². The Balaban J connectivity index is 2.22. The molecule has 11 heavy (non-hydrogen) atoms. The normalized spacial score (nSPS) is 25.5. The molecule has 1 saturated heterocycles. The lowest BCUT2D eigenvalue weighted by atomic mass is 10.2. The summed E-state index contributed by atoms with van der Waals surface area (Å²) < 4.78 is 4.85. The molecule has 0 aliphatic carbocycles. The van der Waals surface area contributed by atoms with Gasteiger partial charge in [-0.3, -0.25) is 4.79 Å². The monoisotopic (exact) mass is 155 g/mol. The van der Waals surface area contributed by atoms with Crippen LogP contribution in [0.1, 0.15) is 13.3 Å². The van der Waals surface area contributed by atoms with Crippen LogP contribution in [0.4, 0.5) is 0 Å². The fourth-order valence-electron chi connectivity index (χ4n) is 0.983. The highest BCUT2D eigenvalue weighted by molar-refractivity contribution is 5.72. The Kier molecular flexibility index (Phi) is 3.11. The van der Waals surface area contributed by atoms with Gasteiger partial charge in [0.05, 0.1) is 6.54 Å². The fourth-order valence-corrected chi connectivity index (χ4v) is 0.983. The number of nitrogens with one attached hydrogen (secondary N) is 1. The Morgan fingerprint density at radius 3 is 3.18 bits per heavy atom. The standard InChI is InChI=1S/C8H13NO2/c1-2-3-4-7-6-11-8(10)5-9-7/h2-3,7,9H,4-6H2,1H3/b3-2+/t7-/m1/s1. The van der Waals surface area contributed by atoms with Crippen molar-refractivity contribution in [2.24, 2.45) is 0 Å². The van der Waals surface area contributed by atoms with Crippen LogP contribution in [0.15, 0.2) is 12.2 Å². The van der Waals surface area contributed by atoms with Crippen LogP contribution in [-0.2, 0) is 9.53 Å². The van der Waals surface area contributed by atoms with Gasteiger partial charge in [-0.15, -0.1) is 0 Å². The van der Waals surface area contributed by atoms with Crippen molar-refractivity contribution in [1.29, 1.82) is 0 Å². The summed E-state index contributed by atoms with van der Waals surface area (Å²) in [5.41, 5.74) is 0. The molecule has 1 heterocycles. The summed E-state index contributed by atoms with van der Waals surface area (Å²) in [5, 5.41) is 3.08. The third-order valence-electron chi connectivity index (χ3n) is 1.64. The second kappa shape index (κ2) is 4.13. The van der Waals surface area contributed by atoms with Crippen molar-refractivity contribution in [2.45, 2.75) is 19.4 Å². The van der Waals surface area contributed by atoms with E-state index < -0.39 is 0 Å². The van der Waals surface area contributed by atoms with Gasteiger partial charge < -0.3 is 10.1 Å². The van der Waals surface area contributed by atoms with Gasteiger partial charge in [-0.05, 0) is 13.3 Å². The number of morpholine rings is 1. The highest BCUT2D eigenvalue weighted by Gasteiger charge is 2.16. The number of rotatable bonds is 2. The first-order valence-corrected chi connectivity index (χ1v) is 3.83. The number of cyclic esters (lactones) is 1. The van der Waals surface area contributed by atoms with E-state index >= 15 is 0 Å². The number of hydrogen-bond acceptors (Lipinski definition) is 3. The van der Waals surface area contributed by atoms with Crippen LogP contribution >= 0.6 is 0 Å². The average molecular weight is 155 g/mol. The third kappa shape index (κ3) is 2.72. The predicted octanol–water partition coefficient (Wildman–Crippen LogP) is 0.468. The van der Waals surface area contributed by atoms with Crippen LogP contribution in [0, 0.1) is 0 Å². The van der Waals surface area contributed by atoms with Crippen LogP contribution in [0.25, 0.3) is 0 Å². The van der Waals surface area contributed by atoms with E-state index in [9.17, 15) is 4.79 Å². The first-order chi connectivity index (χ1) is 5.33. The molecular formula is C8H13NO2. The summed E-state index contributed by atoms with van der Waals surface area (Å²) >= 11 is 0. The van der Waals surface area contributed by atoms with E-state index in [0.29, 0.717) is 19.2 Å². The van der Waals surface area contributed by atoms with Crippen molar-refractivity contribution in [2.75, 3.05) is 13.2 Å². The summed E-state index contributed by atoms with van der Waals surface area (Å²) in [6.45, 7) is 2.83. The maximum atomic E-state index is 10.6. The minimum Gasteiger partial charge on any atom is -0.463 e. The Labute approximate surface area is 66.4 Å². The number of carbonyl (C=O) groups is 1. The molecule has 0 amide bonds. The van der Waals surface area contributed by atoms with Crippen LogP contribution in [0.2, 0.25) is 0 Å². The summed E-state index contributed by atoms with van der Waals surface area (Å²) in [6.07, 6.45) is 5.00. The van der Waals surface area contributed by atoms with E-state index in [1.165, 1.54) is 0 Å². The summed E-state index contributed by atoms with van der Waals surface area (Å²) in [5.74, 6) is -0.151. The molecule has 1 rings (SSSR count). The molecule has 1 aliphatic rings. The van der Waals surface area contributed by atoms with Gasteiger partial charge in [0, 0.05) is 6.04 Å². The zero-order valence-electron chi connectivity index (χ0n) is 6.67. The van der Waals surface area contributed by atoms with Crippen molar-refractivity contribution in [3.8, 4) is 0 Å². The number of carbonyl (C=O) groups excluding carboxylic acids is 1. The Bertz CT molecular complexity index is 155. The lowest BCUT2D eigenvalue weighted by Crippen LogP contribution is -2.43. The van der Waals surface area contributed by atoms with Gasteiger partial charge in [0.1, 0.15) is 6.61 Å². The van der Waals surface area contributed by atoms with Crippen molar-refractivity contribution in [3.05, 3.63) is 12.2 Å². The number of allylic oxidation sites excluding steroid dienone is 1. The summed E-state index contributed by atoms with van der Waals surface area (Å²) in [6, 6.07) is 0.309. The molecule has 1 N–H and O–H groups in total. The number of hydrogen-bond donors (Lipinski definition) is 1. The van der Waals surface area contributed by atoms with Crippen LogP contribution in [0.3, 0.4) is 0 Å². The second-order valence-corrected chi connectivity index (χ2v) is 2.57. The van der Waals surface area contributed by atoms with Crippen LogP contribution < -0.4 is 5.32 Å². The van der Waals surface area contributed by atoms with E-state index in [2.05, 4.69) is 11.4 Å². The fraction of sp³-hybridized carbons (Fsp3) is 0.625. The zero-order valence-corrected chi connectivity index (χ0v) is 6.67. The SMILES string of the molecule is C/C=C/C[C@@H]1COC(=O)CN1. The molecular weight excluding hydrogens is 142 g/mol. The van der Waals surface area contributed by atoms with Gasteiger partial charge in [-0.1, -0.05) is 12.2 Å². The van der Waals surface area contributed by atoms with Gasteiger partial charge >= 0.3 is 5.97 Å². The molecule has 0 spiro atoms. The molecule has 0 aromatic carbocycles. The Morgan fingerprint density at radius 1 is 1.82 bits per heavy atom. The molecule has 1 fully saturated rings. The van der Waals surface area contributed by atoms with Crippen molar-refractivity contribution < 1.29 is 9.53 Å². The summed E-state index contributed by atoms with van der Waals surface area (Å²) in [4.78, 5) is 10.6. The van der Waals surface area contributed by atoms with E-state index in [0.717, 1.165) is 6.42 Å². The topological polar surface area (TPSA) is 38.3 Å². The molecule has 3 heteroatoms. The van der Waals surface area contributed by atoms with Gasteiger partial charge in [-0.2, -0.15) is 0 Å². The minimum atomic E-state index is -0.151.